The van der Waals surface area contributed by atoms with E-state index < -0.39 is 0 Å². The van der Waals surface area contributed by atoms with Gasteiger partial charge in [-0.3, -0.25) is 4.79 Å². The number of ether oxygens (including phenoxy) is 1. The third kappa shape index (κ3) is 3.95. The highest BCUT2D eigenvalue weighted by Crippen LogP contribution is 2.24. The fourth-order valence-electron chi connectivity index (χ4n) is 2.64. The van der Waals surface area contributed by atoms with Crippen LogP contribution in [0, 0.1) is 6.92 Å². The van der Waals surface area contributed by atoms with Crippen LogP contribution in [0.5, 0.6) is 5.75 Å². The Morgan fingerprint density at radius 2 is 2.11 bits per heavy atom. The van der Waals surface area contributed by atoms with Crippen LogP contribution in [0.3, 0.4) is 0 Å². The maximum atomic E-state index is 12.2. The maximum Gasteiger partial charge on any atom is 0.141 e. The van der Waals surface area contributed by atoms with Crippen LogP contribution in [-0.2, 0) is 11.2 Å². The Bertz CT molecular complexity index is 486. The molecular weight excluding hydrogens is 236 g/mol. The van der Waals surface area contributed by atoms with E-state index in [9.17, 15) is 4.79 Å². The molecule has 0 heterocycles. The predicted molar refractivity (Wildman–Crippen MR) is 77.6 cm³/mol. The lowest BCUT2D eigenvalue weighted by molar-refractivity contribution is -0.117. The molecule has 1 aromatic rings. The van der Waals surface area contributed by atoms with Gasteiger partial charge in [0.15, 0.2) is 0 Å². The van der Waals surface area contributed by atoms with Gasteiger partial charge in [-0.05, 0) is 38.7 Å². The van der Waals surface area contributed by atoms with E-state index in [1.54, 1.807) is 7.11 Å². The molecule has 2 nitrogen and oxygen atoms in total. The average molecular weight is 258 g/mol. The molecule has 0 N–H and O–H groups in total. The smallest absolute Gasteiger partial charge is 0.141 e. The first kappa shape index (κ1) is 13.9. The van der Waals surface area contributed by atoms with Gasteiger partial charge in [-0.15, -0.1) is 0 Å². The van der Waals surface area contributed by atoms with Gasteiger partial charge < -0.3 is 4.74 Å². The largest absolute Gasteiger partial charge is 0.496 e. The molecule has 0 amide bonds. The van der Waals surface area contributed by atoms with Gasteiger partial charge in [0.25, 0.3) is 0 Å². The summed E-state index contributed by atoms with van der Waals surface area (Å²) in [4.78, 5) is 12.2. The Morgan fingerprint density at radius 1 is 1.26 bits per heavy atom. The fourth-order valence-corrected chi connectivity index (χ4v) is 2.64. The van der Waals surface area contributed by atoms with Crippen LogP contribution >= 0.6 is 0 Å². The number of methoxy groups -OCH3 is 1. The molecule has 19 heavy (non-hydrogen) atoms. The van der Waals surface area contributed by atoms with Crippen molar-refractivity contribution in [2.75, 3.05) is 7.11 Å². The highest BCUT2D eigenvalue weighted by molar-refractivity contribution is 5.83. The van der Waals surface area contributed by atoms with Gasteiger partial charge in [0.1, 0.15) is 11.5 Å². The number of carbonyl (C=O) groups is 1. The predicted octanol–water partition coefficient (Wildman–Crippen LogP) is 4.01. The highest BCUT2D eigenvalue weighted by Gasteiger charge is 2.12. The molecule has 0 radical (unpaired) electrons. The first-order valence-corrected chi connectivity index (χ1v) is 7.02. The zero-order valence-electron chi connectivity index (χ0n) is 11.9. The van der Waals surface area contributed by atoms with E-state index in [-0.39, 0.29) is 5.78 Å². The molecule has 0 saturated heterocycles. The molecule has 0 aliphatic heterocycles. The van der Waals surface area contributed by atoms with Crippen molar-refractivity contribution in [3.05, 3.63) is 41.0 Å². The lowest BCUT2D eigenvalue weighted by Gasteiger charge is -2.13. The monoisotopic (exact) mass is 258 g/mol. The van der Waals surface area contributed by atoms with Crippen LogP contribution < -0.4 is 4.74 Å². The molecule has 0 fully saturated rings. The second-order valence-electron chi connectivity index (χ2n) is 5.32. The Kier molecular flexibility index (Phi) is 4.78. The number of ketones is 1. The van der Waals surface area contributed by atoms with Gasteiger partial charge in [-0.1, -0.05) is 29.3 Å². The van der Waals surface area contributed by atoms with Gasteiger partial charge in [0.2, 0.25) is 0 Å². The van der Waals surface area contributed by atoms with E-state index >= 15 is 0 Å². The summed E-state index contributed by atoms with van der Waals surface area (Å²) in [6, 6.07) is 6.00. The van der Waals surface area contributed by atoms with Crippen LogP contribution in [0.1, 0.15) is 43.2 Å². The molecule has 0 bridgehead atoms. The van der Waals surface area contributed by atoms with Crippen molar-refractivity contribution in [2.45, 2.75) is 45.4 Å². The highest BCUT2D eigenvalue weighted by atomic mass is 16.5. The normalized spacial score (nSPS) is 14.9. The Labute approximate surface area is 115 Å². The molecule has 0 unspecified atom stereocenters. The summed E-state index contributed by atoms with van der Waals surface area (Å²) >= 11 is 0. The van der Waals surface area contributed by atoms with Gasteiger partial charge >= 0.3 is 0 Å². The van der Waals surface area contributed by atoms with E-state index in [4.69, 9.17) is 4.74 Å². The molecule has 1 aliphatic carbocycles. The Morgan fingerprint density at radius 3 is 2.79 bits per heavy atom. The summed E-state index contributed by atoms with van der Waals surface area (Å²) < 4.78 is 5.32. The van der Waals surface area contributed by atoms with Crippen molar-refractivity contribution in [2.24, 2.45) is 0 Å². The summed E-state index contributed by atoms with van der Waals surface area (Å²) in [5.41, 5.74) is 3.49. The molecule has 2 heteroatoms. The molecule has 1 aromatic carbocycles. The summed E-state index contributed by atoms with van der Waals surface area (Å²) in [6.07, 6.45) is 8.05. The second-order valence-corrected chi connectivity index (χ2v) is 5.32. The van der Waals surface area contributed by atoms with Gasteiger partial charge in [-0.25, -0.2) is 0 Å². The molecular formula is C17H22O2. The Hall–Kier alpha value is -1.57. The van der Waals surface area contributed by atoms with Gasteiger partial charge in [-0.2, -0.15) is 0 Å². The number of aryl methyl sites for hydroxylation is 1. The summed E-state index contributed by atoms with van der Waals surface area (Å²) in [6.45, 7) is 2.04. The second kappa shape index (κ2) is 6.55. The maximum absolute atomic E-state index is 12.2. The van der Waals surface area contributed by atoms with Crippen molar-refractivity contribution in [3.63, 3.8) is 0 Å². The third-order valence-electron chi connectivity index (χ3n) is 3.63. The SMILES string of the molecule is COc1ccc(C)cc1CC(=O)CC1=CCCCC1. The topological polar surface area (TPSA) is 26.3 Å². The lowest BCUT2D eigenvalue weighted by Crippen LogP contribution is -2.07. The van der Waals surface area contributed by atoms with E-state index in [0.717, 1.165) is 24.2 Å². The zero-order valence-corrected chi connectivity index (χ0v) is 11.9. The number of Topliss-reactive ketones (excluding diaryl/α,β-unsaturated/α-hetero) is 1. The zero-order chi connectivity index (χ0) is 13.7. The van der Waals surface area contributed by atoms with E-state index in [0.29, 0.717) is 12.8 Å². The number of benzene rings is 1. The fraction of sp³-hybridized carbons (Fsp3) is 0.471. The van der Waals surface area contributed by atoms with Crippen LogP contribution in [0.4, 0.5) is 0 Å². The van der Waals surface area contributed by atoms with E-state index in [2.05, 4.69) is 6.08 Å². The standard InChI is InChI=1S/C17H22O2/c1-13-8-9-17(19-2)15(10-13)12-16(18)11-14-6-4-3-5-7-14/h6,8-10H,3-5,7,11-12H2,1-2H3. The van der Waals surface area contributed by atoms with Crippen molar-refractivity contribution >= 4 is 5.78 Å². The first-order chi connectivity index (χ1) is 9.19. The van der Waals surface area contributed by atoms with Crippen LogP contribution in [-0.4, -0.2) is 12.9 Å². The number of carbonyl (C=O) groups excluding carboxylic acids is 1. The van der Waals surface area contributed by atoms with Gasteiger partial charge in [0.05, 0.1) is 7.11 Å². The molecule has 102 valence electrons. The molecule has 1 aliphatic rings. The van der Waals surface area contributed by atoms with Crippen molar-refractivity contribution in [3.8, 4) is 5.75 Å². The Balaban J connectivity index is 2.02. The number of allylic oxidation sites excluding steroid dienone is 2. The van der Waals surface area contributed by atoms with E-state index in [1.807, 2.05) is 25.1 Å². The van der Waals surface area contributed by atoms with Crippen molar-refractivity contribution < 1.29 is 9.53 Å². The van der Waals surface area contributed by atoms with Crippen molar-refractivity contribution in [1.29, 1.82) is 0 Å². The molecule has 0 saturated carbocycles. The van der Waals surface area contributed by atoms with Crippen LogP contribution in [0.25, 0.3) is 0 Å². The summed E-state index contributed by atoms with van der Waals surface area (Å²) in [5.74, 6) is 1.11. The first-order valence-electron chi connectivity index (χ1n) is 7.02. The minimum atomic E-state index is 0.289. The van der Waals surface area contributed by atoms with E-state index in [1.165, 1.54) is 24.0 Å². The number of hydrogen-bond donors (Lipinski definition) is 0. The van der Waals surface area contributed by atoms with Gasteiger partial charge in [0, 0.05) is 18.4 Å². The average Bonchev–Trinajstić information content (AvgIpc) is 2.40. The molecule has 0 atom stereocenters. The number of rotatable bonds is 5. The molecule has 0 spiro atoms. The third-order valence-corrected chi connectivity index (χ3v) is 3.63. The summed E-state index contributed by atoms with van der Waals surface area (Å²) in [5, 5.41) is 0. The molecule has 2 rings (SSSR count). The minimum absolute atomic E-state index is 0.289. The van der Waals surface area contributed by atoms with Crippen LogP contribution in [0.2, 0.25) is 0 Å². The lowest BCUT2D eigenvalue weighted by atomic mass is 9.93. The quantitative estimate of drug-likeness (QED) is 0.746. The number of hydrogen-bond acceptors (Lipinski definition) is 2. The minimum Gasteiger partial charge on any atom is -0.496 e. The summed E-state index contributed by atoms with van der Waals surface area (Å²) in [7, 11) is 1.66. The van der Waals surface area contributed by atoms with Crippen molar-refractivity contribution in [1.82, 2.24) is 0 Å². The van der Waals surface area contributed by atoms with Crippen LogP contribution in [0.15, 0.2) is 29.8 Å². The molecule has 0 aromatic heterocycles.